The van der Waals surface area contributed by atoms with Crippen molar-refractivity contribution in [3.05, 3.63) is 40.9 Å². The van der Waals surface area contributed by atoms with Crippen molar-refractivity contribution in [3.8, 4) is 0 Å². The quantitative estimate of drug-likeness (QED) is 0.846. The standard InChI is InChI=1S/C21H28N4O/c26-21(22-13-12-16-8-4-3-5-9-16)18-15-24-25-19-11-7-2-1-6-10-17(19)14-23-20(18)25/h8,14-15H,1-7,9-13H2,(H,22,26). The van der Waals surface area contributed by atoms with Crippen LogP contribution in [0.15, 0.2) is 24.0 Å². The molecule has 2 aromatic heterocycles. The Hall–Kier alpha value is -2.17. The smallest absolute Gasteiger partial charge is 0.256 e. The van der Waals surface area contributed by atoms with Gasteiger partial charge >= 0.3 is 0 Å². The molecule has 1 N–H and O–H groups in total. The molecule has 0 spiro atoms. The third-order valence-electron chi connectivity index (χ3n) is 5.68. The van der Waals surface area contributed by atoms with Gasteiger partial charge in [0.25, 0.3) is 5.91 Å². The first-order chi connectivity index (χ1) is 12.8. The zero-order valence-electron chi connectivity index (χ0n) is 15.5. The number of rotatable bonds is 4. The lowest BCUT2D eigenvalue weighted by Crippen LogP contribution is -2.25. The van der Waals surface area contributed by atoms with Crippen LogP contribution >= 0.6 is 0 Å². The van der Waals surface area contributed by atoms with Crippen molar-refractivity contribution < 1.29 is 4.79 Å². The fourth-order valence-electron chi connectivity index (χ4n) is 4.17. The lowest BCUT2D eigenvalue weighted by atomic mass is 9.97. The second-order valence-corrected chi connectivity index (χ2v) is 7.55. The van der Waals surface area contributed by atoms with Gasteiger partial charge < -0.3 is 5.32 Å². The fourth-order valence-corrected chi connectivity index (χ4v) is 4.17. The molecular weight excluding hydrogens is 324 g/mol. The Morgan fingerprint density at radius 2 is 1.88 bits per heavy atom. The van der Waals surface area contributed by atoms with Crippen LogP contribution in [-0.2, 0) is 12.8 Å². The first kappa shape index (κ1) is 17.3. The van der Waals surface area contributed by atoms with Crippen LogP contribution in [-0.4, -0.2) is 27.0 Å². The average molecular weight is 352 g/mol. The summed E-state index contributed by atoms with van der Waals surface area (Å²) in [6.07, 6.45) is 18.9. The van der Waals surface area contributed by atoms with E-state index in [1.807, 2.05) is 10.7 Å². The molecule has 0 atom stereocenters. The molecule has 4 rings (SSSR count). The van der Waals surface area contributed by atoms with E-state index in [0.717, 1.165) is 19.3 Å². The highest BCUT2D eigenvalue weighted by molar-refractivity contribution is 5.99. The monoisotopic (exact) mass is 352 g/mol. The van der Waals surface area contributed by atoms with Crippen LogP contribution in [0.3, 0.4) is 0 Å². The molecule has 1 amide bonds. The molecule has 26 heavy (non-hydrogen) atoms. The number of carbonyl (C=O) groups excluding carboxylic acids is 1. The van der Waals surface area contributed by atoms with Crippen molar-refractivity contribution in [3.63, 3.8) is 0 Å². The number of hydrogen-bond acceptors (Lipinski definition) is 3. The minimum Gasteiger partial charge on any atom is -0.352 e. The normalized spacial score (nSPS) is 17.9. The van der Waals surface area contributed by atoms with Gasteiger partial charge in [-0.2, -0.15) is 5.10 Å². The maximum absolute atomic E-state index is 12.6. The molecule has 2 aromatic rings. The van der Waals surface area contributed by atoms with Crippen LogP contribution in [0.4, 0.5) is 0 Å². The maximum Gasteiger partial charge on any atom is 0.256 e. The van der Waals surface area contributed by atoms with Crippen molar-refractivity contribution in [1.29, 1.82) is 0 Å². The van der Waals surface area contributed by atoms with Crippen molar-refractivity contribution in [2.75, 3.05) is 6.54 Å². The van der Waals surface area contributed by atoms with E-state index in [-0.39, 0.29) is 5.91 Å². The first-order valence-electron chi connectivity index (χ1n) is 10.1. The van der Waals surface area contributed by atoms with E-state index in [9.17, 15) is 4.79 Å². The predicted octanol–water partition coefficient (Wildman–Crippen LogP) is 4.01. The van der Waals surface area contributed by atoms with Gasteiger partial charge in [-0.3, -0.25) is 4.79 Å². The summed E-state index contributed by atoms with van der Waals surface area (Å²) in [7, 11) is 0. The van der Waals surface area contributed by atoms with Gasteiger partial charge in [-0.1, -0.05) is 24.5 Å². The van der Waals surface area contributed by atoms with Gasteiger partial charge in [0.15, 0.2) is 5.65 Å². The molecule has 0 saturated heterocycles. The number of nitrogens with zero attached hydrogens (tertiary/aromatic N) is 3. The number of aromatic nitrogens is 3. The van der Waals surface area contributed by atoms with Crippen molar-refractivity contribution in [2.24, 2.45) is 0 Å². The van der Waals surface area contributed by atoms with Crippen LogP contribution in [0.25, 0.3) is 5.65 Å². The van der Waals surface area contributed by atoms with Crippen LogP contribution in [0.2, 0.25) is 0 Å². The topological polar surface area (TPSA) is 59.3 Å². The number of allylic oxidation sites excluding steroid dienone is 1. The van der Waals surface area contributed by atoms with Crippen LogP contribution in [0, 0.1) is 0 Å². The molecule has 0 aromatic carbocycles. The zero-order valence-corrected chi connectivity index (χ0v) is 15.5. The minimum absolute atomic E-state index is 0.0605. The van der Waals surface area contributed by atoms with E-state index in [2.05, 4.69) is 21.5 Å². The van der Waals surface area contributed by atoms with Gasteiger partial charge in [-0.15, -0.1) is 0 Å². The third-order valence-corrected chi connectivity index (χ3v) is 5.68. The van der Waals surface area contributed by atoms with Gasteiger partial charge in [0.2, 0.25) is 0 Å². The second kappa shape index (κ2) is 8.02. The molecular formula is C21H28N4O. The van der Waals surface area contributed by atoms with Crippen molar-refractivity contribution >= 4 is 11.6 Å². The Bertz CT molecular complexity index is 821. The maximum atomic E-state index is 12.6. The minimum atomic E-state index is -0.0605. The highest BCUT2D eigenvalue weighted by Crippen LogP contribution is 2.22. The van der Waals surface area contributed by atoms with E-state index in [1.165, 1.54) is 68.2 Å². The first-order valence-corrected chi connectivity index (χ1v) is 10.1. The van der Waals surface area contributed by atoms with Gasteiger partial charge in [-0.25, -0.2) is 9.50 Å². The summed E-state index contributed by atoms with van der Waals surface area (Å²) in [6.45, 7) is 0.687. The summed E-state index contributed by atoms with van der Waals surface area (Å²) < 4.78 is 1.90. The largest absolute Gasteiger partial charge is 0.352 e. The number of hydrogen-bond donors (Lipinski definition) is 1. The number of carbonyl (C=O) groups is 1. The van der Waals surface area contributed by atoms with Crippen LogP contribution in [0.5, 0.6) is 0 Å². The summed E-state index contributed by atoms with van der Waals surface area (Å²) in [4.78, 5) is 17.2. The Balaban J connectivity index is 1.48. The molecule has 0 fully saturated rings. The fraction of sp³-hybridized carbons (Fsp3) is 0.571. The molecule has 0 radical (unpaired) electrons. The summed E-state index contributed by atoms with van der Waals surface area (Å²) in [5, 5.41) is 7.56. The highest BCUT2D eigenvalue weighted by atomic mass is 16.1. The lowest BCUT2D eigenvalue weighted by Gasteiger charge is -2.14. The number of fused-ring (bicyclic) bond motifs is 3. The molecule has 2 aliphatic rings. The Morgan fingerprint density at radius 3 is 2.73 bits per heavy atom. The molecule has 138 valence electrons. The molecule has 0 aliphatic heterocycles. The van der Waals surface area contributed by atoms with Gasteiger partial charge in [0.1, 0.15) is 5.56 Å². The van der Waals surface area contributed by atoms with Crippen LogP contribution < -0.4 is 5.32 Å². The van der Waals surface area contributed by atoms with Gasteiger partial charge in [-0.05, 0) is 63.4 Å². The Labute approximate surface area is 154 Å². The van der Waals surface area contributed by atoms with Crippen LogP contribution in [0.1, 0.15) is 79.4 Å². The summed E-state index contributed by atoms with van der Waals surface area (Å²) in [6, 6.07) is 0. The van der Waals surface area contributed by atoms with Gasteiger partial charge in [0.05, 0.1) is 6.20 Å². The lowest BCUT2D eigenvalue weighted by molar-refractivity contribution is 0.0955. The number of nitrogens with one attached hydrogen (secondary N) is 1. The molecule has 5 heteroatoms. The zero-order chi connectivity index (χ0) is 17.8. The molecule has 2 aliphatic carbocycles. The number of amides is 1. The van der Waals surface area contributed by atoms with Crippen molar-refractivity contribution in [2.45, 2.75) is 70.6 Å². The van der Waals surface area contributed by atoms with E-state index in [0.29, 0.717) is 17.8 Å². The van der Waals surface area contributed by atoms with Crippen molar-refractivity contribution in [1.82, 2.24) is 19.9 Å². The Morgan fingerprint density at radius 1 is 1.04 bits per heavy atom. The molecule has 0 saturated carbocycles. The third kappa shape index (κ3) is 3.67. The summed E-state index contributed by atoms with van der Waals surface area (Å²) in [5.74, 6) is -0.0605. The summed E-state index contributed by atoms with van der Waals surface area (Å²) in [5.41, 5.74) is 5.29. The van der Waals surface area contributed by atoms with E-state index < -0.39 is 0 Å². The van der Waals surface area contributed by atoms with E-state index >= 15 is 0 Å². The average Bonchev–Trinajstić information content (AvgIpc) is 3.07. The molecule has 0 unspecified atom stereocenters. The SMILES string of the molecule is O=C(NCCC1=CCCCC1)c1cnn2c3c(cnc12)CCCCCC3. The van der Waals surface area contributed by atoms with Gasteiger partial charge in [0, 0.05) is 18.4 Å². The Kier molecular flexibility index (Phi) is 5.32. The molecule has 5 nitrogen and oxygen atoms in total. The van der Waals surface area contributed by atoms with E-state index in [1.54, 1.807) is 6.20 Å². The highest BCUT2D eigenvalue weighted by Gasteiger charge is 2.18. The summed E-state index contributed by atoms with van der Waals surface area (Å²) >= 11 is 0. The predicted molar refractivity (Wildman–Crippen MR) is 102 cm³/mol. The molecule has 2 heterocycles. The van der Waals surface area contributed by atoms with E-state index in [4.69, 9.17) is 0 Å². The molecule has 0 bridgehead atoms. The second-order valence-electron chi connectivity index (χ2n) is 7.55. The number of aryl methyl sites for hydroxylation is 2.